The van der Waals surface area contributed by atoms with Gasteiger partial charge in [-0.2, -0.15) is 0 Å². The number of esters is 2. The molecule has 21 heavy (non-hydrogen) atoms. The molecule has 5 aliphatic carbocycles. The van der Waals surface area contributed by atoms with Crippen LogP contribution in [0.4, 0.5) is 0 Å². The van der Waals surface area contributed by atoms with Crippen molar-refractivity contribution in [2.45, 2.75) is 32.5 Å². The van der Waals surface area contributed by atoms with E-state index in [-0.39, 0.29) is 5.57 Å². The van der Waals surface area contributed by atoms with Crippen LogP contribution in [-0.2, 0) is 19.1 Å². The Morgan fingerprint density at radius 1 is 0.857 bits per heavy atom. The van der Waals surface area contributed by atoms with Crippen molar-refractivity contribution < 1.29 is 19.1 Å². The third kappa shape index (κ3) is 0.984. The molecule has 1 saturated heterocycles. The minimum Gasteiger partial charge on any atom is -0.419 e. The summed E-state index contributed by atoms with van der Waals surface area (Å²) in [4.78, 5) is 24.8. The molecule has 0 radical (unpaired) electrons. The monoisotopic (exact) mass is 286 g/mol. The second-order valence-electron chi connectivity index (χ2n) is 8.34. The predicted octanol–water partition coefficient (Wildman–Crippen LogP) is 1.90. The van der Waals surface area contributed by atoms with Gasteiger partial charge in [-0.05, 0) is 65.8 Å². The molecule has 0 amide bonds. The molecular weight excluding hydrogens is 268 g/mol. The van der Waals surface area contributed by atoms with E-state index >= 15 is 0 Å². The van der Waals surface area contributed by atoms with Gasteiger partial charge in [-0.3, -0.25) is 0 Å². The van der Waals surface area contributed by atoms with Gasteiger partial charge < -0.3 is 9.47 Å². The molecule has 2 bridgehead atoms. The van der Waals surface area contributed by atoms with Gasteiger partial charge >= 0.3 is 11.9 Å². The third-order valence-corrected chi connectivity index (χ3v) is 7.46. The Morgan fingerprint density at radius 3 is 2.19 bits per heavy atom. The molecule has 4 heteroatoms. The fourth-order valence-corrected chi connectivity index (χ4v) is 7.40. The molecule has 1 aliphatic heterocycles. The van der Waals surface area contributed by atoms with Gasteiger partial charge in [0.1, 0.15) is 5.57 Å². The summed E-state index contributed by atoms with van der Waals surface area (Å²) in [6.45, 7) is 3.23. The molecule has 0 aromatic heterocycles. The van der Waals surface area contributed by atoms with E-state index in [0.29, 0.717) is 11.8 Å². The highest BCUT2D eigenvalue weighted by molar-refractivity contribution is 6.16. The molecule has 6 rings (SSSR count). The van der Waals surface area contributed by atoms with Gasteiger partial charge in [-0.25, -0.2) is 9.59 Å². The fourth-order valence-electron chi connectivity index (χ4n) is 7.40. The van der Waals surface area contributed by atoms with Crippen LogP contribution in [0.3, 0.4) is 0 Å². The molecule has 0 aromatic rings. The minimum atomic E-state index is -1.13. The maximum Gasteiger partial charge on any atom is 0.348 e. The molecule has 1 heterocycles. The highest BCUT2D eigenvalue weighted by Gasteiger charge is 2.79. The molecule has 4 nitrogen and oxygen atoms in total. The zero-order valence-electron chi connectivity index (χ0n) is 12.2. The third-order valence-electron chi connectivity index (χ3n) is 7.46. The van der Waals surface area contributed by atoms with Crippen molar-refractivity contribution in [2.24, 2.45) is 47.3 Å². The second-order valence-corrected chi connectivity index (χ2v) is 8.34. The summed E-state index contributed by atoms with van der Waals surface area (Å²) < 4.78 is 10.7. The van der Waals surface area contributed by atoms with E-state index in [1.54, 1.807) is 13.8 Å². The van der Waals surface area contributed by atoms with Crippen LogP contribution in [0.1, 0.15) is 26.7 Å². The van der Waals surface area contributed by atoms with E-state index in [0.717, 1.165) is 41.1 Å². The molecule has 6 aliphatic rings. The molecular formula is C17H18O4. The van der Waals surface area contributed by atoms with E-state index in [1.165, 1.54) is 12.8 Å². The first kappa shape index (κ1) is 11.3. The number of rotatable bonds is 0. The number of ether oxygens (including phenoxy) is 2. The Balaban J connectivity index is 1.53. The topological polar surface area (TPSA) is 52.6 Å². The number of cyclic esters (lactones) is 2. The summed E-state index contributed by atoms with van der Waals surface area (Å²) in [6, 6.07) is 0. The first-order valence-electron chi connectivity index (χ1n) is 8.19. The van der Waals surface area contributed by atoms with Crippen LogP contribution < -0.4 is 0 Å². The SMILES string of the molecule is CC1(C)OC(=O)C(=C2C3C4CC5C2C2C3CC4C52)C(=O)O1. The van der Waals surface area contributed by atoms with Crippen LogP contribution in [0, 0.1) is 47.3 Å². The standard InChI is InChI=1S/C17H18O4/c1-17(2)20-15(18)14(16(19)21-17)13-10-6-4-7-9-5(6)3-8(10)11(9)12(7)13/h5-12H,3-4H2,1-2H3. The summed E-state index contributed by atoms with van der Waals surface area (Å²) in [5, 5.41) is 0. The molecule has 110 valence electrons. The number of hydrogen-bond donors (Lipinski definition) is 0. The van der Waals surface area contributed by atoms with Crippen LogP contribution >= 0.6 is 0 Å². The first-order chi connectivity index (χ1) is 9.98. The smallest absolute Gasteiger partial charge is 0.348 e. The lowest BCUT2D eigenvalue weighted by atomic mass is 9.58. The summed E-state index contributed by atoms with van der Waals surface area (Å²) in [5.41, 5.74) is 1.42. The quantitative estimate of drug-likeness (QED) is 0.388. The molecule has 5 saturated carbocycles. The van der Waals surface area contributed by atoms with Crippen LogP contribution in [0.25, 0.3) is 0 Å². The van der Waals surface area contributed by atoms with Crippen LogP contribution in [0.2, 0.25) is 0 Å². The lowest BCUT2D eigenvalue weighted by Gasteiger charge is -2.46. The Kier molecular flexibility index (Phi) is 1.57. The van der Waals surface area contributed by atoms with Crippen molar-refractivity contribution in [1.82, 2.24) is 0 Å². The van der Waals surface area contributed by atoms with E-state index in [1.807, 2.05) is 0 Å². The van der Waals surface area contributed by atoms with Gasteiger partial charge in [0.15, 0.2) is 0 Å². The van der Waals surface area contributed by atoms with Crippen LogP contribution in [-0.4, -0.2) is 17.7 Å². The molecule has 0 spiro atoms. The van der Waals surface area contributed by atoms with Gasteiger partial charge in [0.2, 0.25) is 0 Å². The molecule has 8 unspecified atom stereocenters. The van der Waals surface area contributed by atoms with E-state index in [9.17, 15) is 9.59 Å². The molecule has 8 atom stereocenters. The van der Waals surface area contributed by atoms with Crippen molar-refractivity contribution in [3.05, 3.63) is 11.1 Å². The number of fused-ring (bicyclic) bond motifs is 2. The lowest BCUT2D eigenvalue weighted by Crippen LogP contribution is -2.45. The molecule has 0 N–H and O–H groups in total. The second kappa shape index (κ2) is 2.92. The van der Waals surface area contributed by atoms with E-state index in [4.69, 9.17) is 9.47 Å². The van der Waals surface area contributed by atoms with Crippen molar-refractivity contribution in [3.63, 3.8) is 0 Å². The first-order valence-corrected chi connectivity index (χ1v) is 8.19. The largest absolute Gasteiger partial charge is 0.419 e. The van der Waals surface area contributed by atoms with Crippen LogP contribution in [0.5, 0.6) is 0 Å². The zero-order valence-corrected chi connectivity index (χ0v) is 12.2. The number of hydrogen-bond acceptors (Lipinski definition) is 4. The Bertz CT molecular complexity index is 632. The number of allylic oxidation sites excluding steroid dienone is 1. The number of carbonyl (C=O) groups is 2. The summed E-state index contributed by atoms with van der Waals surface area (Å²) >= 11 is 0. The van der Waals surface area contributed by atoms with Gasteiger partial charge in [0.25, 0.3) is 5.79 Å². The zero-order chi connectivity index (χ0) is 14.3. The summed E-state index contributed by atoms with van der Waals surface area (Å²) in [5.74, 6) is 3.74. The Hall–Kier alpha value is -1.32. The highest BCUT2D eigenvalue weighted by Crippen LogP contribution is 2.84. The average molecular weight is 286 g/mol. The van der Waals surface area contributed by atoms with Crippen molar-refractivity contribution in [1.29, 1.82) is 0 Å². The van der Waals surface area contributed by atoms with Crippen molar-refractivity contribution >= 4 is 11.9 Å². The van der Waals surface area contributed by atoms with Gasteiger partial charge in [-0.1, -0.05) is 0 Å². The molecule has 0 aromatic carbocycles. The van der Waals surface area contributed by atoms with Crippen molar-refractivity contribution in [3.8, 4) is 0 Å². The van der Waals surface area contributed by atoms with Crippen molar-refractivity contribution in [2.75, 3.05) is 0 Å². The van der Waals surface area contributed by atoms with E-state index < -0.39 is 17.7 Å². The maximum absolute atomic E-state index is 12.4. The average Bonchev–Trinajstić information content (AvgIpc) is 2.85. The van der Waals surface area contributed by atoms with Gasteiger partial charge in [0, 0.05) is 13.8 Å². The lowest BCUT2D eigenvalue weighted by molar-refractivity contribution is -0.222. The van der Waals surface area contributed by atoms with E-state index in [2.05, 4.69) is 0 Å². The Labute approximate surface area is 122 Å². The minimum absolute atomic E-state index is 0.271. The summed E-state index contributed by atoms with van der Waals surface area (Å²) in [6.07, 6.45) is 2.67. The normalized spacial score (nSPS) is 56.9. The predicted molar refractivity (Wildman–Crippen MR) is 70.4 cm³/mol. The fraction of sp³-hybridized carbons (Fsp3) is 0.765. The van der Waals surface area contributed by atoms with Gasteiger partial charge in [0.05, 0.1) is 0 Å². The van der Waals surface area contributed by atoms with Gasteiger partial charge in [-0.15, -0.1) is 0 Å². The van der Waals surface area contributed by atoms with Crippen LogP contribution in [0.15, 0.2) is 11.1 Å². The number of carbonyl (C=O) groups excluding carboxylic acids is 2. The maximum atomic E-state index is 12.4. The highest BCUT2D eigenvalue weighted by atomic mass is 16.7. The molecule has 6 fully saturated rings. The Morgan fingerprint density at radius 2 is 1.48 bits per heavy atom. The summed E-state index contributed by atoms with van der Waals surface area (Å²) in [7, 11) is 0.